The largest absolute Gasteiger partial charge is 0.441 e. The van der Waals surface area contributed by atoms with Gasteiger partial charge in [0.25, 0.3) is 6.47 Å². The van der Waals surface area contributed by atoms with E-state index in [4.69, 9.17) is 4.74 Å². The molecule has 0 atom stereocenters. The maximum Gasteiger partial charge on any atom is 0.295 e. The standard InChI is InChI=1S/C5H10O4/c1-2-7-4-9-5-8-3-6/h3H,2,4-5H2,1H3. The maximum atomic E-state index is 9.49. The number of rotatable bonds is 6. The summed E-state index contributed by atoms with van der Waals surface area (Å²) in [5.41, 5.74) is 0. The minimum Gasteiger partial charge on any atom is -0.441 e. The lowest BCUT2D eigenvalue weighted by Gasteiger charge is -2.00. The van der Waals surface area contributed by atoms with E-state index in [2.05, 4.69) is 9.47 Å². The molecule has 0 aromatic heterocycles. The van der Waals surface area contributed by atoms with Crippen molar-refractivity contribution in [3.05, 3.63) is 0 Å². The van der Waals surface area contributed by atoms with Gasteiger partial charge in [-0.2, -0.15) is 0 Å². The van der Waals surface area contributed by atoms with Crippen molar-refractivity contribution in [3.63, 3.8) is 0 Å². The summed E-state index contributed by atoms with van der Waals surface area (Å²) in [6, 6.07) is 0. The molecule has 0 rings (SSSR count). The van der Waals surface area contributed by atoms with Gasteiger partial charge >= 0.3 is 0 Å². The van der Waals surface area contributed by atoms with E-state index in [1.807, 2.05) is 6.92 Å². The predicted molar refractivity (Wildman–Crippen MR) is 29.6 cm³/mol. The van der Waals surface area contributed by atoms with Crippen LogP contribution < -0.4 is 0 Å². The third-order valence-corrected chi connectivity index (χ3v) is 0.590. The molecule has 0 aliphatic rings. The first-order valence-electron chi connectivity index (χ1n) is 2.62. The van der Waals surface area contributed by atoms with E-state index in [0.29, 0.717) is 13.1 Å². The zero-order chi connectivity index (χ0) is 6.95. The van der Waals surface area contributed by atoms with Gasteiger partial charge < -0.3 is 14.2 Å². The average Bonchev–Trinajstić information content (AvgIpc) is 1.89. The molecule has 0 amide bonds. The molecule has 0 bridgehead atoms. The number of carbonyl (C=O) groups is 1. The van der Waals surface area contributed by atoms with Crippen molar-refractivity contribution < 1.29 is 19.0 Å². The van der Waals surface area contributed by atoms with Gasteiger partial charge in [-0.3, -0.25) is 4.79 Å². The van der Waals surface area contributed by atoms with Gasteiger partial charge in [-0.05, 0) is 6.92 Å². The third kappa shape index (κ3) is 7.39. The van der Waals surface area contributed by atoms with Crippen molar-refractivity contribution in [2.24, 2.45) is 0 Å². The summed E-state index contributed by atoms with van der Waals surface area (Å²) >= 11 is 0. The van der Waals surface area contributed by atoms with Crippen LogP contribution in [0.5, 0.6) is 0 Å². The van der Waals surface area contributed by atoms with Gasteiger partial charge in [0.1, 0.15) is 0 Å². The second kappa shape index (κ2) is 7.39. The van der Waals surface area contributed by atoms with E-state index in [0.717, 1.165) is 0 Å². The van der Waals surface area contributed by atoms with Crippen molar-refractivity contribution in [1.82, 2.24) is 0 Å². The Morgan fingerprint density at radius 3 is 2.67 bits per heavy atom. The summed E-state index contributed by atoms with van der Waals surface area (Å²) in [6.45, 7) is 2.91. The minimum atomic E-state index is -0.0382. The fourth-order valence-electron chi connectivity index (χ4n) is 0.252. The van der Waals surface area contributed by atoms with Gasteiger partial charge in [0, 0.05) is 6.61 Å². The molecule has 0 aliphatic carbocycles. The summed E-state index contributed by atoms with van der Waals surface area (Å²) in [4.78, 5) is 9.49. The Balaban J connectivity index is 2.66. The molecule has 0 aromatic rings. The molecule has 0 heterocycles. The summed E-state index contributed by atoms with van der Waals surface area (Å²) in [5, 5.41) is 0. The SMILES string of the molecule is CCOCOCOC=O. The monoisotopic (exact) mass is 134 g/mol. The highest BCUT2D eigenvalue weighted by molar-refractivity contribution is 5.36. The molecule has 0 N–H and O–H groups in total. The summed E-state index contributed by atoms with van der Waals surface area (Å²) < 4.78 is 13.6. The van der Waals surface area contributed by atoms with Crippen molar-refractivity contribution in [3.8, 4) is 0 Å². The molecule has 4 heteroatoms. The highest BCUT2D eigenvalue weighted by Crippen LogP contribution is 1.76. The number of ether oxygens (including phenoxy) is 3. The molecular weight excluding hydrogens is 124 g/mol. The summed E-state index contributed by atoms with van der Waals surface area (Å²) in [7, 11) is 0. The van der Waals surface area contributed by atoms with E-state index >= 15 is 0 Å². The van der Waals surface area contributed by atoms with Gasteiger partial charge in [-0.1, -0.05) is 0 Å². The topological polar surface area (TPSA) is 44.8 Å². The van der Waals surface area contributed by atoms with Crippen molar-refractivity contribution >= 4 is 6.47 Å². The van der Waals surface area contributed by atoms with E-state index in [1.54, 1.807) is 0 Å². The molecular formula is C5H10O4. The smallest absolute Gasteiger partial charge is 0.295 e. The normalized spacial score (nSPS) is 9.00. The van der Waals surface area contributed by atoms with Crippen LogP contribution in [0, 0.1) is 0 Å². The lowest BCUT2D eigenvalue weighted by molar-refractivity contribution is -0.153. The Hall–Kier alpha value is -0.610. The second-order valence-electron chi connectivity index (χ2n) is 1.20. The molecule has 0 saturated heterocycles. The van der Waals surface area contributed by atoms with Crippen LogP contribution in [0.3, 0.4) is 0 Å². The highest BCUT2D eigenvalue weighted by atomic mass is 16.7. The van der Waals surface area contributed by atoms with Crippen LogP contribution in [0.15, 0.2) is 0 Å². The number of carbonyl (C=O) groups excluding carboxylic acids is 1. The summed E-state index contributed by atoms with van der Waals surface area (Å²) in [6.07, 6.45) is 0. The van der Waals surface area contributed by atoms with Crippen LogP contribution in [0.25, 0.3) is 0 Å². The minimum absolute atomic E-state index is 0.0382. The number of hydrogen-bond acceptors (Lipinski definition) is 4. The Morgan fingerprint density at radius 1 is 1.33 bits per heavy atom. The third-order valence-electron chi connectivity index (χ3n) is 0.590. The van der Waals surface area contributed by atoms with Crippen LogP contribution in [0.2, 0.25) is 0 Å². The zero-order valence-electron chi connectivity index (χ0n) is 5.33. The van der Waals surface area contributed by atoms with Gasteiger partial charge in [-0.15, -0.1) is 0 Å². The second-order valence-corrected chi connectivity index (χ2v) is 1.20. The molecule has 0 spiro atoms. The molecule has 0 saturated carbocycles. The zero-order valence-corrected chi connectivity index (χ0v) is 5.33. The van der Waals surface area contributed by atoms with E-state index in [9.17, 15) is 4.79 Å². The molecule has 54 valence electrons. The fraction of sp³-hybridized carbons (Fsp3) is 0.800. The fourth-order valence-corrected chi connectivity index (χ4v) is 0.252. The highest BCUT2D eigenvalue weighted by Gasteiger charge is 1.82. The molecule has 4 nitrogen and oxygen atoms in total. The molecule has 0 aliphatic heterocycles. The lowest BCUT2D eigenvalue weighted by atomic mass is 10.9. The van der Waals surface area contributed by atoms with E-state index in [-0.39, 0.29) is 13.6 Å². The van der Waals surface area contributed by atoms with E-state index < -0.39 is 0 Å². The Labute approximate surface area is 53.7 Å². The molecule has 9 heavy (non-hydrogen) atoms. The summed E-state index contributed by atoms with van der Waals surface area (Å²) in [5.74, 6) is 0. The van der Waals surface area contributed by atoms with Crippen LogP contribution in [0.1, 0.15) is 6.92 Å². The Morgan fingerprint density at radius 2 is 2.11 bits per heavy atom. The predicted octanol–water partition coefficient (Wildman–Crippen LogP) is 0.127. The molecule has 0 fully saturated rings. The Bertz CT molecular complexity index is 64.0. The quantitative estimate of drug-likeness (QED) is 0.294. The molecule has 0 aromatic carbocycles. The van der Waals surface area contributed by atoms with Crippen molar-refractivity contribution in [2.75, 3.05) is 20.2 Å². The first-order valence-corrected chi connectivity index (χ1v) is 2.62. The van der Waals surface area contributed by atoms with Gasteiger partial charge in [0.15, 0.2) is 13.6 Å². The van der Waals surface area contributed by atoms with Gasteiger partial charge in [-0.25, -0.2) is 0 Å². The van der Waals surface area contributed by atoms with Crippen LogP contribution in [-0.2, 0) is 19.0 Å². The molecule has 0 unspecified atom stereocenters. The van der Waals surface area contributed by atoms with E-state index in [1.165, 1.54) is 0 Å². The Kier molecular flexibility index (Phi) is 6.89. The van der Waals surface area contributed by atoms with Gasteiger partial charge in [0.2, 0.25) is 0 Å². The first-order chi connectivity index (χ1) is 4.41. The maximum absolute atomic E-state index is 9.49. The van der Waals surface area contributed by atoms with Gasteiger partial charge in [0.05, 0.1) is 0 Å². The van der Waals surface area contributed by atoms with Crippen molar-refractivity contribution in [2.45, 2.75) is 6.92 Å². The van der Waals surface area contributed by atoms with Crippen LogP contribution in [-0.4, -0.2) is 26.7 Å². The lowest BCUT2D eigenvalue weighted by Crippen LogP contribution is -2.02. The average molecular weight is 134 g/mol. The first kappa shape index (κ1) is 8.39. The number of hydrogen-bond donors (Lipinski definition) is 0. The molecule has 0 radical (unpaired) electrons. The van der Waals surface area contributed by atoms with Crippen LogP contribution in [0.4, 0.5) is 0 Å². The van der Waals surface area contributed by atoms with Crippen molar-refractivity contribution in [1.29, 1.82) is 0 Å². The van der Waals surface area contributed by atoms with Crippen LogP contribution >= 0.6 is 0 Å².